The maximum atomic E-state index is 4.56. The predicted molar refractivity (Wildman–Crippen MR) is 118 cm³/mol. The van der Waals surface area contributed by atoms with Gasteiger partial charge in [0.25, 0.3) is 0 Å². The molecule has 2 aromatic rings. The Morgan fingerprint density at radius 3 is 2.62 bits per heavy atom. The SMILES string of the molecule is CN=C(NCCCn1nc(C)cc1C)NCc1ccnc(N2CCN(C)CC2)c1. The molecule has 0 radical (unpaired) electrons. The van der Waals surface area contributed by atoms with Crippen molar-refractivity contribution in [1.29, 1.82) is 0 Å². The summed E-state index contributed by atoms with van der Waals surface area (Å²) in [5.41, 5.74) is 3.49. The molecule has 3 heterocycles. The fraction of sp³-hybridized carbons (Fsp3) is 0.571. The van der Waals surface area contributed by atoms with Crippen molar-refractivity contribution in [3.63, 3.8) is 0 Å². The van der Waals surface area contributed by atoms with Crippen LogP contribution < -0.4 is 15.5 Å². The molecule has 29 heavy (non-hydrogen) atoms. The van der Waals surface area contributed by atoms with Gasteiger partial charge < -0.3 is 20.4 Å². The van der Waals surface area contributed by atoms with Gasteiger partial charge in [-0.25, -0.2) is 4.98 Å². The minimum Gasteiger partial charge on any atom is -0.356 e. The number of nitrogens with zero attached hydrogens (tertiary/aromatic N) is 6. The largest absolute Gasteiger partial charge is 0.356 e. The van der Waals surface area contributed by atoms with Gasteiger partial charge in [0.15, 0.2) is 5.96 Å². The highest BCUT2D eigenvalue weighted by molar-refractivity contribution is 5.79. The van der Waals surface area contributed by atoms with Gasteiger partial charge in [-0.15, -0.1) is 0 Å². The Bertz CT molecular complexity index is 805. The summed E-state index contributed by atoms with van der Waals surface area (Å²) < 4.78 is 2.06. The average molecular weight is 399 g/mol. The Hall–Kier alpha value is -2.61. The van der Waals surface area contributed by atoms with Crippen LogP contribution in [-0.4, -0.2) is 72.4 Å². The molecule has 0 atom stereocenters. The first-order chi connectivity index (χ1) is 14.0. The monoisotopic (exact) mass is 398 g/mol. The number of aliphatic imine (C=N–C) groups is 1. The zero-order valence-electron chi connectivity index (χ0n) is 18.1. The van der Waals surface area contributed by atoms with Crippen LogP contribution >= 0.6 is 0 Å². The molecule has 0 amide bonds. The molecule has 0 aromatic carbocycles. The highest BCUT2D eigenvalue weighted by Gasteiger charge is 2.15. The third-order valence-electron chi connectivity index (χ3n) is 5.26. The number of likely N-dealkylation sites (N-methyl/N-ethyl adjacent to an activating group) is 1. The summed E-state index contributed by atoms with van der Waals surface area (Å²) in [5.74, 6) is 1.88. The van der Waals surface area contributed by atoms with Gasteiger partial charge >= 0.3 is 0 Å². The summed E-state index contributed by atoms with van der Waals surface area (Å²) in [5, 5.41) is 11.3. The minimum absolute atomic E-state index is 0.723. The molecular weight excluding hydrogens is 364 g/mol. The first kappa shape index (κ1) is 21.1. The highest BCUT2D eigenvalue weighted by atomic mass is 15.3. The van der Waals surface area contributed by atoms with E-state index in [0.29, 0.717) is 0 Å². The summed E-state index contributed by atoms with van der Waals surface area (Å²) in [4.78, 5) is 13.6. The highest BCUT2D eigenvalue weighted by Crippen LogP contribution is 2.14. The smallest absolute Gasteiger partial charge is 0.191 e. The minimum atomic E-state index is 0.723. The molecule has 2 aromatic heterocycles. The summed E-state index contributed by atoms with van der Waals surface area (Å²) in [6.45, 7) is 10.8. The lowest BCUT2D eigenvalue weighted by Crippen LogP contribution is -2.44. The van der Waals surface area contributed by atoms with Gasteiger partial charge in [-0.3, -0.25) is 9.67 Å². The van der Waals surface area contributed by atoms with E-state index in [9.17, 15) is 0 Å². The van der Waals surface area contributed by atoms with Gasteiger partial charge in [0.2, 0.25) is 0 Å². The van der Waals surface area contributed by atoms with Crippen LogP contribution in [-0.2, 0) is 13.1 Å². The van der Waals surface area contributed by atoms with Crippen molar-refractivity contribution < 1.29 is 0 Å². The molecule has 1 fully saturated rings. The third-order valence-corrected chi connectivity index (χ3v) is 5.26. The molecule has 0 saturated carbocycles. The van der Waals surface area contributed by atoms with Gasteiger partial charge in [0, 0.05) is 64.8 Å². The van der Waals surface area contributed by atoms with E-state index >= 15 is 0 Å². The Morgan fingerprint density at radius 2 is 1.93 bits per heavy atom. The van der Waals surface area contributed by atoms with Crippen molar-refractivity contribution in [2.24, 2.45) is 4.99 Å². The van der Waals surface area contributed by atoms with E-state index in [-0.39, 0.29) is 0 Å². The summed E-state index contributed by atoms with van der Waals surface area (Å²) in [7, 11) is 3.97. The fourth-order valence-corrected chi connectivity index (χ4v) is 3.52. The summed E-state index contributed by atoms with van der Waals surface area (Å²) >= 11 is 0. The normalized spacial score (nSPS) is 15.6. The van der Waals surface area contributed by atoms with Crippen molar-refractivity contribution in [2.75, 3.05) is 51.7 Å². The molecule has 8 nitrogen and oxygen atoms in total. The molecule has 8 heteroatoms. The van der Waals surface area contributed by atoms with Gasteiger partial charge in [-0.2, -0.15) is 5.10 Å². The van der Waals surface area contributed by atoms with Gasteiger partial charge in [0.05, 0.1) is 5.69 Å². The van der Waals surface area contributed by atoms with Crippen molar-refractivity contribution in [3.05, 3.63) is 41.3 Å². The van der Waals surface area contributed by atoms with Crippen LogP contribution in [0.5, 0.6) is 0 Å². The number of rotatable bonds is 7. The molecular formula is C21H34N8. The predicted octanol–water partition coefficient (Wildman–Crippen LogP) is 1.40. The number of piperazine rings is 1. The topological polar surface area (TPSA) is 73.6 Å². The molecule has 0 aliphatic carbocycles. The molecule has 1 saturated heterocycles. The molecule has 1 aliphatic heterocycles. The quantitative estimate of drug-likeness (QED) is 0.417. The second kappa shape index (κ2) is 10.2. The lowest BCUT2D eigenvalue weighted by atomic mass is 10.2. The van der Waals surface area contributed by atoms with E-state index in [1.807, 2.05) is 13.1 Å². The number of anilines is 1. The second-order valence-corrected chi connectivity index (χ2v) is 7.67. The zero-order valence-corrected chi connectivity index (χ0v) is 18.1. The van der Waals surface area contributed by atoms with E-state index in [1.165, 1.54) is 11.3 Å². The van der Waals surface area contributed by atoms with E-state index < -0.39 is 0 Å². The van der Waals surface area contributed by atoms with Crippen LogP contribution in [0, 0.1) is 13.8 Å². The lowest BCUT2D eigenvalue weighted by Gasteiger charge is -2.33. The molecule has 0 bridgehead atoms. The number of hydrogen-bond acceptors (Lipinski definition) is 5. The molecule has 158 valence electrons. The van der Waals surface area contributed by atoms with Crippen LogP contribution in [0.15, 0.2) is 29.4 Å². The fourth-order valence-electron chi connectivity index (χ4n) is 3.52. The van der Waals surface area contributed by atoms with Crippen LogP contribution in [0.2, 0.25) is 0 Å². The van der Waals surface area contributed by atoms with E-state index in [2.05, 4.69) is 72.4 Å². The van der Waals surface area contributed by atoms with Crippen molar-refractivity contribution in [1.82, 2.24) is 30.3 Å². The number of nitrogens with one attached hydrogen (secondary N) is 2. The van der Waals surface area contributed by atoms with E-state index in [4.69, 9.17) is 0 Å². The van der Waals surface area contributed by atoms with Gasteiger partial charge in [-0.05, 0) is 51.1 Å². The average Bonchev–Trinajstić information content (AvgIpc) is 3.05. The van der Waals surface area contributed by atoms with Crippen LogP contribution in [0.4, 0.5) is 5.82 Å². The molecule has 1 aliphatic rings. The number of guanidine groups is 1. The van der Waals surface area contributed by atoms with Gasteiger partial charge in [-0.1, -0.05) is 0 Å². The summed E-state index contributed by atoms with van der Waals surface area (Å²) in [6, 6.07) is 6.34. The third kappa shape index (κ3) is 6.19. The number of aryl methyl sites for hydroxylation is 3. The first-order valence-electron chi connectivity index (χ1n) is 10.4. The molecule has 0 unspecified atom stereocenters. The molecule has 2 N–H and O–H groups in total. The number of hydrogen-bond donors (Lipinski definition) is 2. The lowest BCUT2D eigenvalue weighted by molar-refractivity contribution is 0.312. The maximum absolute atomic E-state index is 4.56. The van der Waals surface area contributed by atoms with Crippen LogP contribution in [0.3, 0.4) is 0 Å². The Morgan fingerprint density at radius 1 is 1.14 bits per heavy atom. The second-order valence-electron chi connectivity index (χ2n) is 7.67. The van der Waals surface area contributed by atoms with Crippen molar-refractivity contribution in [3.8, 4) is 0 Å². The maximum Gasteiger partial charge on any atom is 0.191 e. The first-order valence-corrected chi connectivity index (χ1v) is 10.4. The van der Waals surface area contributed by atoms with E-state index in [1.54, 1.807) is 7.05 Å². The summed E-state index contributed by atoms with van der Waals surface area (Å²) in [6.07, 6.45) is 2.89. The van der Waals surface area contributed by atoms with Crippen LogP contribution in [0.25, 0.3) is 0 Å². The Kier molecular flexibility index (Phi) is 7.46. The molecule has 0 spiro atoms. The Balaban J connectivity index is 1.43. The number of pyridine rings is 1. The van der Waals surface area contributed by atoms with Gasteiger partial charge in [0.1, 0.15) is 5.82 Å². The molecule has 3 rings (SSSR count). The van der Waals surface area contributed by atoms with Crippen LogP contribution in [0.1, 0.15) is 23.4 Å². The standard InChI is InChI=1S/C21H34N8/c1-17-14-18(2)29(26-17)9-5-7-24-21(22-3)25-16-19-6-8-23-20(15-19)28-12-10-27(4)11-13-28/h6,8,14-15H,5,7,9-13,16H2,1-4H3,(H2,22,24,25). The van der Waals surface area contributed by atoms with E-state index in [0.717, 1.165) is 69.7 Å². The number of aromatic nitrogens is 3. The van der Waals surface area contributed by atoms with Crippen molar-refractivity contribution >= 4 is 11.8 Å². The Labute approximate surface area is 174 Å². The zero-order chi connectivity index (χ0) is 20.6. The van der Waals surface area contributed by atoms with Crippen molar-refractivity contribution in [2.45, 2.75) is 33.4 Å².